The number of ketones is 1. The number of aryl methyl sites for hydroxylation is 2. The summed E-state index contributed by atoms with van der Waals surface area (Å²) >= 11 is 15.7. The smallest absolute Gasteiger partial charge is 0.258 e. The summed E-state index contributed by atoms with van der Waals surface area (Å²) in [6.45, 7) is 4.94. The van der Waals surface area contributed by atoms with Gasteiger partial charge in [0.25, 0.3) is 11.8 Å². The van der Waals surface area contributed by atoms with Crippen molar-refractivity contribution in [3.63, 3.8) is 0 Å². The Hall–Kier alpha value is -7.55. The monoisotopic (exact) mass is 1040 g/mol. The highest BCUT2D eigenvalue weighted by atomic mass is 35.5. The Bertz CT molecular complexity index is 3880. The Kier molecular flexibility index (Phi) is 12.5. The van der Waals surface area contributed by atoms with Gasteiger partial charge in [0, 0.05) is 93.2 Å². The van der Waals surface area contributed by atoms with Gasteiger partial charge in [-0.05, 0) is 132 Å². The van der Waals surface area contributed by atoms with E-state index in [-0.39, 0.29) is 47.4 Å². The van der Waals surface area contributed by atoms with Crippen LogP contribution in [0.15, 0.2) is 133 Å². The quantitative estimate of drug-likeness (QED) is 0.0655. The minimum absolute atomic E-state index is 0.0101. The maximum Gasteiger partial charge on any atom is 0.258 e. The first-order valence-corrected chi connectivity index (χ1v) is 26.3. The number of carbonyl (C=O) groups is 3. The molecule has 2 atom stereocenters. The third-order valence-corrected chi connectivity index (χ3v) is 16.6. The number of amides is 2. The van der Waals surface area contributed by atoms with E-state index in [1.54, 1.807) is 63.6 Å². The lowest BCUT2D eigenvalue weighted by Crippen LogP contribution is -2.30. The van der Waals surface area contributed by atoms with Crippen LogP contribution >= 0.6 is 45.9 Å². The zero-order chi connectivity index (χ0) is 50.8. The number of halogens is 2. The van der Waals surface area contributed by atoms with Crippen LogP contribution in [-0.2, 0) is 6.42 Å². The van der Waals surface area contributed by atoms with Crippen molar-refractivity contribution >= 4 is 128 Å². The molecule has 0 fully saturated rings. The van der Waals surface area contributed by atoms with Crippen molar-refractivity contribution < 1.29 is 24.6 Å². The number of fused-ring (bicyclic) bond motifs is 8. The lowest BCUT2D eigenvalue weighted by Gasteiger charge is -2.19. The number of aromatic hydroxyl groups is 2. The summed E-state index contributed by atoms with van der Waals surface area (Å²) < 4.78 is 1.77. The number of alkyl halides is 2. The average Bonchev–Trinajstić information content (AvgIpc) is 4.19. The number of phenolic OH excluding ortho intramolecular Hbond substituents is 2. The molecule has 0 saturated carbocycles. The summed E-state index contributed by atoms with van der Waals surface area (Å²) in [5.74, 6) is 0.695. The minimum atomic E-state index is -0.166. The van der Waals surface area contributed by atoms with E-state index < -0.39 is 0 Å². The van der Waals surface area contributed by atoms with Crippen molar-refractivity contribution in [2.75, 3.05) is 46.1 Å². The Balaban J connectivity index is 0.000000158. The third kappa shape index (κ3) is 8.65. The first kappa shape index (κ1) is 47.8. The van der Waals surface area contributed by atoms with E-state index in [0.29, 0.717) is 63.6 Å². The number of carbonyl (C=O) groups excluding carboxylic acids is 3. The molecule has 2 amide bonds. The number of benzene rings is 8. The molecule has 0 saturated heterocycles. The molecule has 15 heteroatoms. The van der Waals surface area contributed by atoms with Gasteiger partial charge < -0.3 is 31.5 Å². The molecule has 6 N–H and O–H groups in total. The average molecular weight is 1040 g/mol. The van der Waals surface area contributed by atoms with E-state index in [1.165, 1.54) is 11.3 Å². The number of nitrogen functional groups attached to an aromatic ring is 2. The lowest BCUT2D eigenvalue weighted by molar-refractivity contribution is 0.0981. The number of hydrogen-bond acceptors (Lipinski definition) is 11. The second kappa shape index (κ2) is 19.1. The fourth-order valence-electron chi connectivity index (χ4n) is 10.2. The Morgan fingerprint density at radius 3 is 1.58 bits per heavy atom. The maximum absolute atomic E-state index is 13.8. The molecule has 12 rings (SSSR count). The number of rotatable bonds is 8. The van der Waals surface area contributed by atoms with Crippen LogP contribution in [0.5, 0.6) is 11.5 Å². The standard InChI is InChI=1S/C30H24ClN3O3S.C28H22ClN3O2S/c1-16-3-2-4-21-25(36)12-23-29(28(16)21)19(14-31)15-34(23)30(37)18-7-10-22-26(11-18)38-27(33-22)13-24(35)17-5-8-20(32)9-6-17;1-15-3-2-4-20-23(33)12-22-26(25(15)20)18(13-29)14-32(22)28(34)17-7-10-21-24(11-17)35-27(31-21)16-5-8-19(30)9-6-16/h2-12,19,36H,13-15,32H2,1H3;2-12,18,33H,13-14,30H2,1H3/t19-;18-/m11/s1. The Morgan fingerprint density at radius 1 is 0.603 bits per heavy atom. The molecule has 11 nitrogen and oxygen atoms in total. The number of nitrogens with two attached hydrogens (primary N) is 2. The van der Waals surface area contributed by atoms with Crippen LogP contribution in [0.3, 0.4) is 0 Å². The first-order valence-electron chi connectivity index (χ1n) is 23.6. The normalized spacial score (nSPS) is 15.0. The molecule has 73 heavy (non-hydrogen) atoms. The molecule has 0 aliphatic carbocycles. The second-order valence-electron chi connectivity index (χ2n) is 18.5. The molecular formula is C58H46Cl2N6O5S2. The predicted octanol–water partition coefficient (Wildman–Crippen LogP) is 13.1. The minimum Gasteiger partial charge on any atom is -0.507 e. The van der Waals surface area contributed by atoms with Crippen LogP contribution in [0.25, 0.3) is 52.5 Å². The van der Waals surface area contributed by atoms with E-state index in [0.717, 1.165) is 80.5 Å². The van der Waals surface area contributed by atoms with Crippen molar-refractivity contribution in [1.82, 2.24) is 9.97 Å². The van der Waals surface area contributed by atoms with Gasteiger partial charge in [0.15, 0.2) is 5.78 Å². The summed E-state index contributed by atoms with van der Waals surface area (Å²) in [4.78, 5) is 53.0. The molecule has 364 valence electrons. The van der Waals surface area contributed by atoms with Gasteiger partial charge in [0.1, 0.15) is 21.5 Å². The van der Waals surface area contributed by atoms with Crippen LogP contribution < -0.4 is 21.3 Å². The fourth-order valence-corrected chi connectivity index (χ4v) is 12.8. The van der Waals surface area contributed by atoms with Crippen molar-refractivity contribution in [3.05, 3.63) is 177 Å². The van der Waals surface area contributed by atoms with Gasteiger partial charge >= 0.3 is 0 Å². The topological polar surface area (TPSA) is 176 Å². The van der Waals surface area contributed by atoms with E-state index in [9.17, 15) is 24.6 Å². The zero-order valence-corrected chi connectivity index (χ0v) is 42.7. The fraction of sp³-hybridized carbons (Fsp3) is 0.155. The van der Waals surface area contributed by atoms with E-state index in [4.69, 9.17) is 39.7 Å². The Morgan fingerprint density at radius 2 is 1.07 bits per heavy atom. The molecule has 2 aliphatic rings. The van der Waals surface area contributed by atoms with Crippen LogP contribution in [0.2, 0.25) is 0 Å². The van der Waals surface area contributed by atoms with E-state index in [1.807, 2.05) is 105 Å². The van der Waals surface area contributed by atoms with Crippen molar-refractivity contribution in [1.29, 1.82) is 0 Å². The molecule has 4 heterocycles. The molecule has 8 aromatic carbocycles. The zero-order valence-electron chi connectivity index (χ0n) is 39.5. The van der Waals surface area contributed by atoms with Crippen LogP contribution in [0, 0.1) is 13.8 Å². The van der Waals surface area contributed by atoms with Gasteiger partial charge in [0.2, 0.25) is 0 Å². The number of phenols is 2. The van der Waals surface area contributed by atoms with Gasteiger partial charge in [-0.25, -0.2) is 9.97 Å². The SMILES string of the molecule is Cc1cccc2c(O)cc3c(c12)[C@H](CCl)CN3C(=O)c1ccc2nc(-c3ccc(N)cc3)sc2c1.Cc1cccc2c(O)cc3c(c12)[C@H](CCl)CN3C(=O)c1ccc2nc(CC(=O)c3ccc(N)cc3)sc2c1. The van der Waals surface area contributed by atoms with Crippen molar-refractivity contribution in [2.24, 2.45) is 0 Å². The van der Waals surface area contributed by atoms with Gasteiger partial charge in [-0.2, -0.15) is 0 Å². The van der Waals surface area contributed by atoms with Crippen LogP contribution in [0.4, 0.5) is 22.7 Å². The van der Waals surface area contributed by atoms with Crippen LogP contribution in [-0.4, -0.2) is 62.6 Å². The highest BCUT2D eigenvalue weighted by Crippen LogP contribution is 2.48. The molecule has 2 aromatic heterocycles. The van der Waals surface area contributed by atoms with Gasteiger partial charge in [-0.1, -0.05) is 36.4 Å². The van der Waals surface area contributed by atoms with E-state index >= 15 is 0 Å². The molecule has 0 radical (unpaired) electrons. The Labute approximate surface area is 437 Å². The van der Waals surface area contributed by atoms with Gasteiger partial charge in [0.05, 0.1) is 38.2 Å². The summed E-state index contributed by atoms with van der Waals surface area (Å²) in [5, 5.41) is 26.6. The summed E-state index contributed by atoms with van der Waals surface area (Å²) in [6.07, 6.45) is 0.176. The summed E-state index contributed by atoms with van der Waals surface area (Å²) in [7, 11) is 0. The number of nitrogens with zero attached hydrogens (tertiary/aromatic N) is 4. The molecule has 2 aliphatic heterocycles. The van der Waals surface area contributed by atoms with Gasteiger partial charge in [-0.3, -0.25) is 14.4 Å². The van der Waals surface area contributed by atoms with E-state index in [2.05, 4.69) is 4.98 Å². The van der Waals surface area contributed by atoms with Crippen LogP contribution in [0.1, 0.15) is 70.2 Å². The first-order chi connectivity index (χ1) is 35.3. The van der Waals surface area contributed by atoms with Crippen molar-refractivity contribution in [2.45, 2.75) is 32.1 Å². The molecule has 0 bridgehead atoms. The molecule has 10 aromatic rings. The lowest BCUT2D eigenvalue weighted by atomic mass is 9.92. The van der Waals surface area contributed by atoms with Crippen molar-refractivity contribution in [3.8, 4) is 22.1 Å². The maximum atomic E-state index is 13.8. The number of thiazole rings is 2. The highest BCUT2D eigenvalue weighted by Gasteiger charge is 2.37. The molecule has 0 spiro atoms. The highest BCUT2D eigenvalue weighted by molar-refractivity contribution is 7.21. The number of Topliss-reactive ketones (excluding diaryl/α,β-unsaturated/α-hetero) is 1. The third-order valence-electron chi connectivity index (χ3n) is 13.8. The largest absolute Gasteiger partial charge is 0.507 e. The van der Waals surface area contributed by atoms with Gasteiger partial charge in [-0.15, -0.1) is 45.9 Å². The molecular weight excluding hydrogens is 996 g/mol. The molecule has 0 unspecified atom stereocenters. The number of aromatic nitrogens is 2. The second-order valence-corrected chi connectivity index (χ2v) is 21.3. The summed E-state index contributed by atoms with van der Waals surface area (Å²) in [6, 6.07) is 40.5. The number of anilines is 4. The summed E-state index contributed by atoms with van der Waals surface area (Å²) in [5.41, 5.74) is 22.7. The number of hydrogen-bond donors (Lipinski definition) is 4. The predicted molar refractivity (Wildman–Crippen MR) is 299 cm³/mol.